The van der Waals surface area contributed by atoms with Gasteiger partial charge in [-0.15, -0.1) is 0 Å². The van der Waals surface area contributed by atoms with Crippen LogP contribution in [0.5, 0.6) is 0 Å². The summed E-state index contributed by atoms with van der Waals surface area (Å²) in [7, 11) is 0. The van der Waals surface area contributed by atoms with Gasteiger partial charge in [-0.3, -0.25) is 4.98 Å². The van der Waals surface area contributed by atoms with Crippen molar-refractivity contribution < 1.29 is 4.79 Å². The summed E-state index contributed by atoms with van der Waals surface area (Å²) >= 11 is 0. The largest absolute Gasteiger partial charge is 0.370 e. The van der Waals surface area contributed by atoms with E-state index in [0.717, 1.165) is 62.0 Å². The van der Waals surface area contributed by atoms with Gasteiger partial charge in [0.1, 0.15) is 6.07 Å². The first-order chi connectivity index (χ1) is 12.7. The number of rotatable bonds is 3. The van der Waals surface area contributed by atoms with Crippen molar-refractivity contribution in [3.05, 3.63) is 35.5 Å². The lowest BCUT2D eigenvalue weighted by atomic mass is 9.99. The minimum Gasteiger partial charge on any atom is -0.370 e. The SMILES string of the molecule is CCc1cccc2c(N3CCC(N4CCNC4=O)CC3)c(C#N)cnc12. The standard InChI is InChI=1S/C20H23N5O/c1-2-14-4-3-5-17-18(14)23-13-15(12-21)19(17)24-9-6-16(7-10-24)25-11-8-22-20(25)26/h3-5,13,16H,2,6-11H2,1H3,(H,22,26). The first kappa shape index (κ1) is 16.6. The maximum Gasteiger partial charge on any atom is 0.317 e. The first-order valence-corrected chi connectivity index (χ1v) is 9.33. The van der Waals surface area contributed by atoms with Gasteiger partial charge in [-0.2, -0.15) is 5.26 Å². The molecule has 6 heteroatoms. The van der Waals surface area contributed by atoms with E-state index < -0.39 is 0 Å². The lowest BCUT2D eigenvalue weighted by Gasteiger charge is -2.38. The molecule has 2 saturated heterocycles. The predicted molar refractivity (Wildman–Crippen MR) is 101 cm³/mol. The molecule has 2 aliphatic heterocycles. The molecular weight excluding hydrogens is 326 g/mol. The average Bonchev–Trinajstić information content (AvgIpc) is 3.12. The number of urea groups is 1. The van der Waals surface area contributed by atoms with E-state index >= 15 is 0 Å². The second-order valence-electron chi connectivity index (χ2n) is 6.94. The van der Waals surface area contributed by atoms with Gasteiger partial charge in [0.15, 0.2) is 0 Å². The Hall–Kier alpha value is -2.81. The molecule has 2 fully saturated rings. The summed E-state index contributed by atoms with van der Waals surface area (Å²) in [6.45, 7) is 5.36. The van der Waals surface area contributed by atoms with Gasteiger partial charge in [0.2, 0.25) is 0 Å². The molecule has 0 spiro atoms. The molecule has 0 radical (unpaired) electrons. The van der Waals surface area contributed by atoms with Gasteiger partial charge in [-0.05, 0) is 24.8 Å². The van der Waals surface area contributed by atoms with E-state index in [-0.39, 0.29) is 6.03 Å². The molecule has 134 valence electrons. The number of fused-ring (bicyclic) bond motifs is 1. The number of aromatic nitrogens is 1. The molecule has 1 aromatic carbocycles. The molecule has 26 heavy (non-hydrogen) atoms. The minimum absolute atomic E-state index is 0.0584. The Kier molecular flexibility index (Phi) is 4.37. The molecule has 0 saturated carbocycles. The Morgan fingerprint density at radius 3 is 2.77 bits per heavy atom. The summed E-state index contributed by atoms with van der Waals surface area (Å²) < 4.78 is 0. The number of piperidine rings is 1. The van der Waals surface area contributed by atoms with E-state index in [9.17, 15) is 10.1 Å². The topological polar surface area (TPSA) is 72.3 Å². The van der Waals surface area contributed by atoms with E-state index in [1.165, 1.54) is 5.56 Å². The number of anilines is 1. The lowest BCUT2D eigenvalue weighted by Crippen LogP contribution is -2.46. The maximum atomic E-state index is 11.9. The number of para-hydroxylation sites is 1. The molecule has 0 bridgehead atoms. The third-order valence-corrected chi connectivity index (χ3v) is 5.57. The van der Waals surface area contributed by atoms with Gasteiger partial charge in [0.05, 0.1) is 16.8 Å². The molecule has 6 nitrogen and oxygen atoms in total. The Morgan fingerprint density at radius 1 is 1.31 bits per heavy atom. The van der Waals surface area contributed by atoms with Crippen molar-refractivity contribution in [1.29, 1.82) is 5.26 Å². The summed E-state index contributed by atoms with van der Waals surface area (Å²) in [6.07, 6.45) is 4.48. The number of nitrogens with zero attached hydrogens (tertiary/aromatic N) is 4. The summed E-state index contributed by atoms with van der Waals surface area (Å²) in [5.41, 5.74) is 3.82. The van der Waals surface area contributed by atoms with Gasteiger partial charge in [0.25, 0.3) is 0 Å². The van der Waals surface area contributed by atoms with Crippen LogP contribution in [0.2, 0.25) is 0 Å². The quantitative estimate of drug-likeness (QED) is 0.925. The normalized spacial score (nSPS) is 18.2. The fraction of sp³-hybridized carbons (Fsp3) is 0.450. The average molecular weight is 349 g/mol. The number of amides is 2. The monoisotopic (exact) mass is 349 g/mol. The molecule has 1 N–H and O–H groups in total. The van der Waals surface area contributed by atoms with Crippen molar-refractivity contribution in [2.45, 2.75) is 32.2 Å². The molecule has 0 aliphatic carbocycles. The third kappa shape index (κ3) is 2.74. The van der Waals surface area contributed by atoms with Crippen LogP contribution in [0.25, 0.3) is 10.9 Å². The number of aryl methyl sites for hydroxylation is 1. The second-order valence-corrected chi connectivity index (χ2v) is 6.94. The lowest BCUT2D eigenvalue weighted by molar-refractivity contribution is 0.186. The number of carbonyl (C=O) groups excluding carboxylic acids is 1. The van der Waals surface area contributed by atoms with Gasteiger partial charge >= 0.3 is 6.03 Å². The van der Waals surface area contributed by atoms with E-state index in [1.54, 1.807) is 6.20 Å². The Morgan fingerprint density at radius 2 is 2.12 bits per heavy atom. The van der Waals surface area contributed by atoms with Gasteiger partial charge in [-0.25, -0.2) is 4.79 Å². The van der Waals surface area contributed by atoms with Gasteiger partial charge < -0.3 is 15.1 Å². The van der Waals surface area contributed by atoms with E-state index in [0.29, 0.717) is 11.6 Å². The van der Waals surface area contributed by atoms with Crippen LogP contribution in [0.15, 0.2) is 24.4 Å². The smallest absolute Gasteiger partial charge is 0.317 e. The maximum absolute atomic E-state index is 11.9. The number of nitrogens with one attached hydrogen (secondary N) is 1. The predicted octanol–water partition coefficient (Wildman–Crippen LogP) is 2.66. The molecule has 2 aliphatic rings. The third-order valence-electron chi connectivity index (χ3n) is 5.57. The molecule has 0 unspecified atom stereocenters. The van der Waals surface area contributed by atoms with Crippen molar-refractivity contribution in [2.24, 2.45) is 0 Å². The number of pyridine rings is 1. The summed E-state index contributed by atoms with van der Waals surface area (Å²) in [5, 5.41) is 13.6. The number of hydrogen-bond acceptors (Lipinski definition) is 4. The van der Waals surface area contributed by atoms with Crippen LogP contribution in [0.4, 0.5) is 10.5 Å². The summed E-state index contributed by atoms with van der Waals surface area (Å²) in [4.78, 5) is 20.7. The molecular formula is C20H23N5O. The van der Waals surface area contributed by atoms with Crippen LogP contribution < -0.4 is 10.2 Å². The van der Waals surface area contributed by atoms with Crippen molar-refractivity contribution >= 4 is 22.6 Å². The zero-order valence-corrected chi connectivity index (χ0v) is 15.0. The molecule has 1 aromatic heterocycles. The molecule has 2 amide bonds. The summed E-state index contributed by atoms with van der Waals surface area (Å²) in [6, 6.07) is 8.88. The number of hydrogen-bond donors (Lipinski definition) is 1. The van der Waals surface area contributed by atoms with E-state index in [1.807, 2.05) is 4.90 Å². The van der Waals surface area contributed by atoms with Crippen LogP contribution in [-0.2, 0) is 6.42 Å². The molecule has 4 rings (SSSR count). The van der Waals surface area contributed by atoms with E-state index in [2.05, 4.69) is 46.4 Å². The van der Waals surface area contributed by atoms with Crippen molar-refractivity contribution in [2.75, 3.05) is 31.1 Å². The van der Waals surface area contributed by atoms with Crippen LogP contribution in [0, 0.1) is 11.3 Å². The Bertz CT molecular complexity index is 880. The Labute approximate surface area is 153 Å². The Balaban J connectivity index is 1.65. The molecule has 3 heterocycles. The fourth-order valence-corrected chi connectivity index (χ4v) is 4.21. The number of carbonyl (C=O) groups is 1. The first-order valence-electron chi connectivity index (χ1n) is 9.33. The second kappa shape index (κ2) is 6.83. The van der Waals surface area contributed by atoms with Crippen LogP contribution in [-0.4, -0.2) is 48.1 Å². The highest BCUT2D eigenvalue weighted by molar-refractivity contribution is 5.96. The fourth-order valence-electron chi connectivity index (χ4n) is 4.21. The number of nitriles is 1. The van der Waals surface area contributed by atoms with Crippen molar-refractivity contribution in [1.82, 2.24) is 15.2 Å². The summed E-state index contributed by atoms with van der Waals surface area (Å²) in [5.74, 6) is 0. The zero-order valence-electron chi connectivity index (χ0n) is 15.0. The van der Waals surface area contributed by atoms with Crippen molar-refractivity contribution in [3.8, 4) is 6.07 Å². The van der Waals surface area contributed by atoms with Crippen LogP contribution >= 0.6 is 0 Å². The highest BCUT2D eigenvalue weighted by atomic mass is 16.2. The minimum atomic E-state index is 0.0584. The highest BCUT2D eigenvalue weighted by Crippen LogP contribution is 2.33. The van der Waals surface area contributed by atoms with Gasteiger partial charge in [-0.1, -0.05) is 25.1 Å². The molecule has 0 atom stereocenters. The van der Waals surface area contributed by atoms with E-state index in [4.69, 9.17) is 0 Å². The zero-order chi connectivity index (χ0) is 18.1. The van der Waals surface area contributed by atoms with Crippen LogP contribution in [0.3, 0.4) is 0 Å². The highest BCUT2D eigenvalue weighted by Gasteiger charge is 2.31. The van der Waals surface area contributed by atoms with Gasteiger partial charge in [0, 0.05) is 43.8 Å². The number of benzene rings is 1. The van der Waals surface area contributed by atoms with Crippen LogP contribution in [0.1, 0.15) is 30.9 Å². The van der Waals surface area contributed by atoms with Crippen molar-refractivity contribution in [3.63, 3.8) is 0 Å². The molecule has 2 aromatic rings.